The topological polar surface area (TPSA) is 52.6 Å². The molecule has 0 bridgehead atoms. The van der Waals surface area contributed by atoms with Crippen LogP contribution in [0.2, 0.25) is 0 Å². The van der Waals surface area contributed by atoms with E-state index in [2.05, 4.69) is 19.1 Å². The third-order valence-electron chi connectivity index (χ3n) is 5.88. The summed E-state index contributed by atoms with van der Waals surface area (Å²) in [6.45, 7) is 7.69. The Balaban J connectivity index is 1.67. The Morgan fingerprint density at radius 3 is 2.44 bits per heavy atom. The second kappa shape index (κ2) is 7.51. The van der Waals surface area contributed by atoms with E-state index in [9.17, 15) is 9.00 Å². The van der Waals surface area contributed by atoms with Crippen molar-refractivity contribution in [3.63, 3.8) is 0 Å². The molecule has 4 rings (SSSR count). The van der Waals surface area contributed by atoms with E-state index in [1.165, 1.54) is 5.56 Å². The van der Waals surface area contributed by atoms with Crippen LogP contribution in [-0.4, -0.2) is 28.5 Å². The molecule has 0 radical (unpaired) electrons. The van der Waals surface area contributed by atoms with Crippen LogP contribution < -0.4 is 0 Å². The summed E-state index contributed by atoms with van der Waals surface area (Å²) in [5.41, 5.74) is 4.99. The molecule has 1 aromatic carbocycles. The van der Waals surface area contributed by atoms with Gasteiger partial charge in [0.2, 0.25) is 11.1 Å². The molecule has 0 aromatic heterocycles. The molecule has 0 amide bonds. The maximum absolute atomic E-state index is 13.4. The first-order chi connectivity index (χ1) is 12.9. The monoisotopic (exact) mass is 388 g/mol. The number of ether oxygens (including phenoxy) is 1. The Hall–Kier alpha value is -1.46. The van der Waals surface area contributed by atoms with E-state index in [-0.39, 0.29) is 17.0 Å². The zero-order chi connectivity index (χ0) is 19.1. The third kappa shape index (κ3) is 3.90. The van der Waals surface area contributed by atoms with Crippen LogP contribution in [0.4, 0.5) is 0 Å². The molecule has 4 nitrogen and oxygen atoms in total. The van der Waals surface area contributed by atoms with E-state index in [1.807, 2.05) is 13.8 Å². The van der Waals surface area contributed by atoms with Gasteiger partial charge in [0, 0.05) is 25.6 Å². The summed E-state index contributed by atoms with van der Waals surface area (Å²) in [7, 11) is 0. The lowest BCUT2D eigenvalue weighted by Crippen LogP contribution is -2.15. The van der Waals surface area contributed by atoms with Gasteiger partial charge in [-0.1, -0.05) is 17.7 Å². The van der Waals surface area contributed by atoms with Gasteiger partial charge in [-0.3, -0.25) is 4.79 Å². The maximum atomic E-state index is 13.4. The number of allylic oxidation sites excluding steroid dienone is 2. The van der Waals surface area contributed by atoms with Gasteiger partial charge in [0.15, 0.2) is 5.78 Å². The Labute approximate surface area is 164 Å². The van der Waals surface area contributed by atoms with Crippen LogP contribution in [-0.2, 0) is 24.8 Å². The number of hydrogen-bond donors (Lipinski definition) is 0. The van der Waals surface area contributed by atoms with Crippen LogP contribution in [0.3, 0.4) is 0 Å². The standard InChI is InChI=1S/C22H28O4S/c1-13-8-14(2)20(15(3)9-13)21-19(26-27(24)18-4-5-18)11-17(22(21)23)10-16-6-7-25-12-16/h8-9,16-18H,4-7,10-12H2,1-3H3. The highest BCUT2D eigenvalue weighted by atomic mass is 32.2. The van der Waals surface area contributed by atoms with E-state index in [1.54, 1.807) is 0 Å². The van der Waals surface area contributed by atoms with Gasteiger partial charge in [-0.2, -0.15) is 0 Å². The minimum atomic E-state index is -1.33. The lowest BCUT2D eigenvalue weighted by Gasteiger charge is -2.15. The van der Waals surface area contributed by atoms with Gasteiger partial charge in [-0.05, 0) is 69.1 Å². The molecule has 2 fully saturated rings. The SMILES string of the molecule is Cc1cc(C)c(C2=C(OS(=O)C3CC3)CC(CC3CCOC3)C2=O)c(C)c1. The van der Waals surface area contributed by atoms with Gasteiger partial charge in [0.25, 0.3) is 0 Å². The molecule has 3 unspecified atom stereocenters. The highest BCUT2D eigenvalue weighted by Crippen LogP contribution is 2.43. The molecule has 2 aliphatic carbocycles. The highest BCUT2D eigenvalue weighted by molar-refractivity contribution is 7.81. The first-order valence-corrected chi connectivity index (χ1v) is 11.1. The number of carbonyl (C=O) groups is 1. The van der Waals surface area contributed by atoms with Gasteiger partial charge >= 0.3 is 0 Å². The lowest BCUT2D eigenvalue weighted by molar-refractivity contribution is -0.117. The van der Waals surface area contributed by atoms with Crippen LogP contribution in [0.5, 0.6) is 0 Å². The van der Waals surface area contributed by atoms with Crippen molar-refractivity contribution in [2.24, 2.45) is 11.8 Å². The van der Waals surface area contributed by atoms with Crippen molar-refractivity contribution >= 4 is 22.4 Å². The van der Waals surface area contributed by atoms with Crippen molar-refractivity contribution in [1.29, 1.82) is 0 Å². The number of carbonyl (C=O) groups excluding carboxylic acids is 1. The Bertz CT molecular complexity index is 793. The molecule has 5 heteroatoms. The number of benzene rings is 1. The summed E-state index contributed by atoms with van der Waals surface area (Å²) < 4.78 is 23.8. The van der Waals surface area contributed by atoms with Crippen molar-refractivity contribution in [1.82, 2.24) is 0 Å². The van der Waals surface area contributed by atoms with Crippen LogP contribution >= 0.6 is 0 Å². The molecule has 3 atom stereocenters. The highest BCUT2D eigenvalue weighted by Gasteiger charge is 2.40. The summed E-state index contributed by atoms with van der Waals surface area (Å²) in [5.74, 6) is 1.15. The first kappa shape index (κ1) is 18.9. The molecular weight excluding hydrogens is 360 g/mol. The van der Waals surface area contributed by atoms with Crippen LogP contribution in [0.25, 0.3) is 5.57 Å². The molecule has 27 heavy (non-hydrogen) atoms. The fraction of sp³-hybridized carbons (Fsp3) is 0.591. The summed E-state index contributed by atoms with van der Waals surface area (Å²) in [5, 5.41) is 0.136. The minimum absolute atomic E-state index is 0.0852. The van der Waals surface area contributed by atoms with Gasteiger partial charge in [0.05, 0.1) is 10.8 Å². The Morgan fingerprint density at radius 2 is 1.85 bits per heavy atom. The van der Waals surface area contributed by atoms with Crippen molar-refractivity contribution in [3.8, 4) is 0 Å². The van der Waals surface area contributed by atoms with Gasteiger partial charge in [0.1, 0.15) is 5.76 Å². The van der Waals surface area contributed by atoms with Gasteiger partial charge < -0.3 is 8.92 Å². The first-order valence-electron chi connectivity index (χ1n) is 9.96. The van der Waals surface area contributed by atoms with Crippen LogP contribution in [0.1, 0.15) is 54.4 Å². The number of hydrogen-bond acceptors (Lipinski definition) is 4. The molecule has 0 spiro atoms. The fourth-order valence-corrected chi connectivity index (χ4v) is 5.47. The molecule has 1 aromatic rings. The number of aryl methyl sites for hydroxylation is 3. The largest absolute Gasteiger partial charge is 0.404 e. The van der Waals surface area contributed by atoms with E-state index >= 15 is 0 Å². The van der Waals surface area contributed by atoms with Crippen LogP contribution in [0, 0.1) is 32.6 Å². The smallest absolute Gasteiger partial charge is 0.209 e. The van der Waals surface area contributed by atoms with Gasteiger partial charge in [-0.25, -0.2) is 4.21 Å². The minimum Gasteiger partial charge on any atom is -0.404 e. The quantitative estimate of drug-likeness (QED) is 0.734. The fourth-order valence-electron chi connectivity index (χ4n) is 4.46. The Kier molecular flexibility index (Phi) is 5.26. The molecule has 1 saturated carbocycles. The summed E-state index contributed by atoms with van der Waals surface area (Å²) in [6, 6.07) is 4.21. The van der Waals surface area contributed by atoms with Crippen molar-refractivity contribution in [2.75, 3.05) is 13.2 Å². The Morgan fingerprint density at radius 1 is 1.15 bits per heavy atom. The molecule has 1 saturated heterocycles. The van der Waals surface area contributed by atoms with E-state index in [0.717, 1.165) is 55.6 Å². The third-order valence-corrected chi connectivity index (χ3v) is 7.26. The zero-order valence-electron chi connectivity index (χ0n) is 16.4. The number of rotatable bonds is 6. The molecule has 146 valence electrons. The summed E-state index contributed by atoms with van der Waals surface area (Å²) in [6.07, 6.45) is 4.32. The molecular formula is C22H28O4S. The summed E-state index contributed by atoms with van der Waals surface area (Å²) >= 11 is -1.33. The van der Waals surface area contributed by atoms with Crippen molar-refractivity contribution in [2.45, 2.75) is 58.1 Å². The van der Waals surface area contributed by atoms with Crippen molar-refractivity contribution < 1.29 is 17.9 Å². The normalized spacial score (nSPS) is 26.7. The molecule has 0 N–H and O–H groups in total. The number of Topliss-reactive ketones (excluding diaryl/α,β-unsaturated/α-hetero) is 1. The average Bonchev–Trinajstić information content (AvgIpc) is 3.26. The molecule has 3 aliphatic rings. The molecule has 1 heterocycles. The van der Waals surface area contributed by atoms with E-state index < -0.39 is 11.1 Å². The number of ketones is 1. The van der Waals surface area contributed by atoms with Crippen LogP contribution in [0.15, 0.2) is 17.9 Å². The average molecular weight is 389 g/mol. The predicted octanol–water partition coefficient (Wildman–Crippen LogP) is 4.18. The van der Waals surface area contributed by atoms with E-state index in [4.69, 9.17) is 8.92 Å². The zero-order valence-corrected chi connectivity index (χ0v) is 17.2. The second-order valence-electron chi connectivity index (χ2n) is 8.35. The maximum Gasteiger partial charge on any atom is 0.209 e. The molecule has 1 aliphatic heterocycles. The summed E-state index contributed by atoms with van der Waals surface area (Å²) in [4.78, 5) is 13.4. The lowest BCUT2D eigenvalue weighted by atomic mass is 9.87. The second-order valence-corrected chi connectivity index (χ2v) is 9.70. The van der Waals surface area contributed by atoms with Crippen molar-refractivity contribution in [3.05, 3.63) is 40.1 Å². The predicted molar refractivity (Wildman–Crippen MR) is 106 cm³/mol. The van der Waals surface area contributed by atoms with Gasteiger partial charge in [-0.15, -0.1) is 0 Å². The van der Waals surface area contributed by atoms with E-state index in [0.29, 0.717) is 23.7 Å².